The molecular weight excluding hydrogens is 284 g/mol. The summed E-state index contributed by atoms with van der Waals surface area (Å²) >= 11 is 0. The van der Waals surface area contributed by atoms with E-state index in [0.717, 1.165) is 12.1 Å². The van der Waals surface area contributed by atoms with Crippen molar-refractivity contribution >= 4 is 0 Å². The smallest absolute Gasteiger partial charge is 0.0507 e. The van der Waals surface area contributed by atoms with Crippen molar-refractivity contribution in [2.75, 3.05) is 59.0 Å². The Balaban J connectivity index is 1.28. The van der Waals surface area contributed by atoms with Crippen LogP contribution in [0.2, 0.25) is 0 Å². The molecule has 0 aliphatic carbocycles. The first kappa shape index (κ1) is 17.7. The quantitative estimate of drug-likeness (QED) is 0.713. The van der Waals surface area contributed by atoms with Crippen LogP contribution in [0.25, 0.3) is 0 Å². The molecule has 1 unspecified atom stereocenters. The van der Waals surface area contributed by atoms with Crippen LogP contribution < -0.4 is 0 Å². The lowest BCUT2D eigenvalue weighted by Crippen LogP contribution is -2.42. The van der Waals surface area contributed by atoms with Gasteiger partial charge in [-0.15, -0.1) is 0 Å². The summed E-state index contributed by atoms with van der Waals surface area (Å²) in [6.07, 6.45) is 8.42. The van der Waals surface area contributed by atoms with Gasteiger partial charge >= 0.3 is 0 Å². The minimum atomic E-state index is 0.810. The summed E-state index contributed by atoms with van der Waals surface area (Å²) in [7, 11) is 0. The molecule has 0 bridgehead atoms. The van der Waals surface area contributed by atoms with Crippen LogP contribution in [0.4, 0.5) is 0 Å². The van der Waals surface area contributed by atoms with Crippen LogP contribution in [0.1, 0.15) is 52.4 Å². The van der Waals surface area contributed by atoms with Crippen molar-refractivity contribution in [2.45, 2.75) is 64.5 Å². The van der Waals surface area contributed by atoms with Crippen molar-refractivity contribution in [3.05, 3.63) is 0 Å². The minimum absolute atomic E-state index is 0.810. The molecule has 4 heteroatoms. The van der Waals surface area contributed by atoms with Crippen LogP contribution in [0.3, 0.4) is 0 Å². The molecule has 0 aromatic rings. The van der Waals surface area contributed by atoms with Gasteiger partial charge in [0.25, 0.3) is 0 Å². The third kappa shape index (κ3) is 5.15. The molecule has 3 saturated heterocycles. The summed E-state index contributed by atoms with van der Waals surface area (Å²) in [6.45, 7) is 16.4. The predicted octanol–water partition coefficient (Wildman–Crippen LogP) is 2.31. The molecule has 0 saturated carbocycles. The van der Waals surface area contributed by atoms with Gasteiger partial charge in [-0.2, -0.15) is 0 Å². The fourth-order valence-corrected chi connectivity index (χ4v) is 4.65. The van der Waals surface area contributed by atoms with Gasteiger partial charge in [-0.3, -0.25) is 14.7 Å². The van der Waals surface area contributed by atoms with E-state index >= 15 is 0 Å². The van der Waals surface area contributed by atoms with Gasteiger partial charge in [-0.25, -0.2) is 0 Å². The van der Waals surface area contributed by atoms with E-state index in [0.29, 0.717) is 0 Å². The van der Waals surface area contributed by atoms with Gasteiger partial charge in [-0.1, -0.05) is 6.42 Å². The molecule has 23 heavy (non-hydrogen) atoms. The minimum Gasteiger partial charge on any atom is -0.301 e. The van der Waals surface area contributed by atoms with Gasteiger partial charge in [0, 0.05) is 44.8 Å². The highest BCUT2D eigenvalue weighted by Crippen LogP contribution is 2.18. The summed E-state index contributed by atoms with van der Waals surface area (Å²) in [6, 6.07) is 1.64. The standard InChI is InChI=1S/C19H38N4/c1-18-7-3-4-10-23(18)16-15-21-14-13-20(17-21)9-6-12-22-11-5-8-19(22)2/h18-19H,3-17H2,1-2H3/t18?,19-/m0/s1. The van der Waals surface area contributed by atoms with E-state index in [9.17, 15) is 0 Å². The molecular formula is C19H38N4. The molecule has 0 aromatic carbocycles. The Labute approximate surface area is 143 Å². The molecule has 4 nitrogen and oxygen atoms in total. The number of likely N-dealkylation sites (tertiary alicyclic amines) is 2. The van der Waals surface area contributed by atoms with Crippen LogP contribution >= 0.6 is 0 Å². The summed E-state index contributed by atoms with van der Waals surface area (Å²) in [4.78, 5) is 10.7. The van der Waals surface area contributed by atoms with Crippen LogP contribution in [0, 0.1) is 0 Å². The Hall–Kier alpha value is -0.160. The third-order valence-electron chi connectivity index (χ3n) is 6.39. The van der Waals surface area contributed by atoms with Gasteiger partial charge in [0.1, 0.15) is 0 Å². The summed E-state index contributed by atoms with van der Waals surface area (Å²) in [5.41, 5.74) is 0. The molecule has 0 radical (unpaired) electrons. The lowest BCUT2D eigenvalue weighted by molar-refractivity contribution is 0.135. The van der Waals surface area contributed by atoms with Crippen molar-refractivity contribution in [1.82, 2.24) is 19.6 Å². The average Bonchev–Trinajstić information content (AvgIpc) is 3.16. The molecule has 134 valence electrons. The highest BCUT2D eigenvalue weighted by Gasteiger charge is 2.23. The van der Waals surface area contributed by atoms with E-state index in [1.807, 2.05) is 0 Å². The first-order valence-corrected chi connectivity index (χ1v) is 10.1. The molecule has 3 rings (SSSR count). The van der Waals surface area contributed by atoms with Gasteiger partial charge in [-0.05, 0) is 65.6 Å². The normalized spacial score (nSPS) is 32.1. The summed E-state index contributed by atoms with van der Waals surface area (Å²) in [5.74, 6) is 0. The third-order valence-corrected chi connectivity index (χ3v) is 6.39. The summed E-state index contributed by atoms with van der Waals surface area (Å²) in [5, 5.41) is 0. The second-order valence-electron chi connectivity index (χ2n) is 8.14. The maximum atomic E-state index is 2.71. The van der Waals surface area contributed by atoms with E-state index in [2.05, 4.69) is 33.4 Å². The maximum absolute atomic E-state index is 2.71. The second-order valence-corrected chi connectivity index (χ2v) is 8.14. The zero-order valence-electron chi connectivity index (χ0n) is 15.6. The monoisotopic (exact) mass is 322 g/mol. The number of hydrogen-bond acceptors (Lipinski definition) is 4. The van der Waals surface area contributed by atoms with Crippen molar-refractivity contribution in [2.24, 2.45) is 0 Å². The van der Waals surface area contributed by atoms with Crippen LogP contribution in [0.5, 0.6) is 0 Å². The topological polar surface area (TPSA) is 13.0 Å². The Bertz CT molecular complexity index is 348. The number of piperidine rings is 1. The number of rotatable bonds is 7. The second kappa shape index (κ2) is 8.80. The lowest BCUT2D eigenvalue weighted by Gasteiger charge is -2.34. The molecule has 2 atom stereocenters. The Morgan fingerprint density at radius 1 is 0.652 bits per heavy atom. The van der Waals surface area contributed by atoms with E-state index in [1.54, 1.807) is 0 Å². The first-order chi connectivity index (χ1) is 11.2. The van der Waals surface area contributed by atoms with E-state index < -0.39 is 0 Å². The summed E-state index contributed by atoms with van der Waals surface area (Å²) < 4.78 is 0. The number of hydrogen-bond donors (Lipinski definition) is 0. The molecule has 0 spiro atoms. The largest absolute Gasteiger partial charge is 0.301 e. The van der Waals surface area contributed by atoms with Crippen molar-refractivity contribution in [3.8, 4) is 0 Å². The van der Waals surface area contributed by atoms with Crippen LogP contribution in [-0.2, 0) is 0 Å². The Morgan fingerprint density at radius 2 is 1.30 bits per heavy atom. The van der Waals surface area contributed by atoms with Crippen molar-refractivity contribution in [1.29, 1.82) is 0 Å². The van der Waals surface area contributed by atoms with Gasteiger partial charge in [0.2, 0.25) is 0 Å². The SMILES string of the molecule is CC1CCCCN1CCN1CCN(CCCN2CCC[C@@H]2C)C1. The molecule has 0 aromatic heterocycles. The highest BCUT2D eigenvalue weighted by atomic mass is 15.4. The molecule has 3 aliphatic heterocycles. The van der Waals surface area contributed by atoms with Crippen LogP contribution in [0.15, 0.2) is 0 Å². The zero-order valence-corrected chi connectivity index (χ0v) is 15.6. The molecule has 3 aliphatic rings. The van der Waals surface area contributed by atoms with Gasteiger partial charge < -0.3 is 4.90 Å². The van der Waals surface area contributed by atoms with Crippen molar-refractivity contribution < 1.29 is 0 Å². The molecule has 3 heterocycles. The fourth-order valence-electron chi connectivity index (χ4n) is 4.65. The Kier molecular flexibility index (Phi) is 6.75. The predicted molar refractivity (Wildman–Crippen MR) is 97.8 cm³/mol. The first-order valence-electron chi connectivity index (χ1n) is 10.1. The molecule has 0 amide bonds. The zero-order chi connectivity index (χ0) is 16.1. The van der Waals surface area contributed by atoms with Crippen LogP contribution in [-0.4, -0.2) is 90.7 Å². The molecule has 3 fully saturated rings. The highest BCUT2D eigenvalue weighted by molar-refractivity contribution is 4.78. The van der Waals surface area contributed by atoms with E-state index in [-0.39, 0.29) is 0 Å². The fraction of sp³-hybridized carbons (Fsp3) is 1.00. The van der Waals surface area contributed by atoms with E-state index in [4.69, 9.17) is 0 Å². The van der Waals surface area contributed by atoms with Crippen molar-refractivity contribution in [3.63, 3.8) is 0 Å². The lowest BCUT2D eigenvalue weighted by atomic mass is 10.0. The maximum Gasteiger partial charge on any atom is 0.0507 e. The number of nitrogens with zero attached hydrogens (tertiary/aromatic N) is 4. The van der Waals surface area contributed by atoms with Gasteiger partial charge in [0.15, 0.2) is 0 Å². The average molecular weight is 323 g/mol. The van der Waals surface area contributed by atoms with E-state index in [1.165, 1.54) is 97.6 Å². The van der Waals surface area contributed by atoms with Gasteiger partial charge in [0.05, 0.1) is 6.67 Å². The molecule has 0 N–H and O–H groups in total. The Morgan fingerprint density at radius 3 is 2.04 bits per heavy atom.